The van der Waals surface area contributed by atoms with E-state index in [1.54, 1.807) is 6.33 Å². The molecule has 2 N–H and O–H groups in total. The number of hydrogen-bond acceptors (Lipinski definition) is 5. The Morgan fingerprint density at radius 2 is 2.17 bits per heavy atom. The van der Waals surface area contributed by atoms with Crippen LogP contribution < -0.4 is 5.32 Å². The van der Waals surface area contributed by atoms with Gasteiger partial charge >= 0.3 is 0 Å². The molecule has 0 saturated carbocycles. The SMILES string of the molecule is Cc1nc[nH]c1-c1nc2ccccn2c1NCCN1CCOCC1. The van der Waals surface area contributed by atoms with Crippen molar-refractivity contribution >= 4 is 11.5 Å². The number of anilines is 1. The topological polar surface area (TPSA) is 70.5 Å². The van der Waals surface area contributed by atoms with Crippen molar-refractivity contribution in [2.24, 2.45) is 0 Å². The number of pyridine rings is 1. The molecule has 1 fully saturated rings. The Bertz CT molecular complexity index is 817. The first-order chi connectivity index (χ1) is 11.8. The highest BCUT2D eigenvalue weighted by molar-refractivity contribution is 5.75. The van der Waals surface area contributed by atoms with Gasteiger partial charge in [0.2, 0.25) is 0 Å². The van der Waals surface area contributed by atoms with Crippen LogP contribution in [0.15, 0.2) is 30.7 Å². The summed E-state index contributed by atoms with van der Waals surface area (Å²) in [5.41, 5.74) is 3.76. The second kappa shape index (κ2) is 6.62. The van der Waals surface area contributed by atoms with Crippen molar-refractivity contribution in [1.82, 2.24) is 24.3 Å². The summed E-state index contributed by atoms with van der Waals surface area (Å²) < 4.78 is 7.50. The Kier molecular flexibility index (Phi) is 4.18. The highest BCUT2D eigenvalue weighted by Gasteiger charge is 2.17. The molecule has 7 nitrogen and oxygen atoms in total. The van der Waals surface area contributed by atoms with Crippen LogP contribution in [-0.2, 0) is 4.74 Å². The molecular weight excluding hydrogens is 304 g/mol. The molecule has 4 rings (SSSR count). The Labute approximate surface area is 140 Å². The lowest BCUT2D eigenvalue weighted by Crippen LogP contribution is -2.39. The van der Waals surface area contributed by atoms with Crippen molar-refractivity contribution in [3.63, 3.8) is 0 Å². The first kappa shape index (κ1) is 15.2. The van der Waals surface area contributed by atoms with Gasteiger partial charge in [0, 0.05) is 32.4 Å². The summed E-state index contributed by atoms with van der Waals surface area (Å²) >= 11 is 0. The second-order valence-corrected chi connectivity index (χ2v) is 5.98. The van der Waals surface area contributed by atoms with Crippen molar-refractivity contribution in [2.75, 3.05) is 44.7 Å². The minimum Gasteiger partial charge on any atom is -0.379 e. The van der Waals surface area contributed by atoms with E-state index in [0.717, 1.165) is 67.9 Å². The molecule has 1 saturated heterocycles. The van der Waals surface area contributed by atoms with E-state index in [0.29, 0.717) is 0 Å². The zero-order valence-corrected chi connectivity index (χ0v) is 13.8. The van der Waals surface area contributed by atoms with E-state index < -0.39 is 0 Å². The fraction of sp³-hybridized carbons (Fsp3) is 0.412. The van der Waals surface area contributed by atoms with Crippen LogP contribution in [0.3, 0.4) is 0 Å². The Balaban J connectivity index is 1.59. The van der Waals surface area contributed by atoms with E-state index in [1.165, 1.54) is 0 Å². The number of aromatic amines is 1. The number of morpholine rings is 1. The normalized spacial score (nSPS) is 15.9. The van der Waals surface area contributed by atoms with Crippen LogP contribution in [0.1, 0.15) is 5.69 Å². The smallest absolute Gasteiger partial charge is 0.140 e. The molecule has 0 atom stereocenters. The second-order valence-electron chi connectivity index (χ2n) is 5.98. The number of aryl methyl sites for hydroxylation is 1. The summed E-state index contributed by atoms with van der Waals surface area (Å²) in [6.45, 7) is 7.51. The number of hydrogen-bond donors (Lipinski definition) is 2. The Morgan fingerprint density at radius 1 is 1.29 bits per heavy atom. The van der Waals surface area contributed by atoms with Gasteiger partial charge in [-0.05, 0) is 19.1 Å². The number of nitrogens with one attached hydrogen (secondary N) is 2. The number of imidazole rings is 2. The van der Waals surface area contributed by atoms with Crippen molar-refractivity contribution in [2.45, 2.75) is 6.92 Å². The lowest BCUT2D eigenvalue weighted by atomic mass is 10.2. The summed E-state index contributed by atoms with van der Waals surface area (Å²) in [5.74, 6) is 1.01. The average molecular weight is 326 g/mol. The Morgan fingerprint density at radius 3 is 2.96 bits per heavy atom. The lowest BCUT2D eigenvalue weighted by molar-refractivity contribution is 0.0398. The molecule has 3 aromatic heterocycles. The van der Waals surface area contributed by atoms with Crippen LogP contribution in [0.25, 0.3) is 17.0 Å². The van der Waals surface area contributed by atoms with Gasteiger partial charge in [-0.3, -0.25) is 9.30 Å². The maximum Gasteiger partial charge on any atom is 0.140 e. The molecule has 126 valence electrons. The third-order valence-corrected chi connectivity index (χ3v) is 4.42. The molecule has 24 heavy (non-hydrogen) atoms. The molecular formula is C17H22N6O. The third kappa shape index (κ3) is 2.88. The van der Waals surface area contributed by atoms with Crippen LogP contribution in [-0.4, -0.2) is 63.6 Å². The molecule has 3 aromatic rings. The highest BCUT2D eigenvalue weighted by Crippen LogP contribution is 2.28. The summed E-state index contributed by atoms with van der Waals surface area (Å²) in [4.78, 5) is 14.7. The quantitative estimate of drug-likeness (QED) is 0.748. The van der Waals surface area contributed by atoms with E-state index >= 15 is 0 Å². The summed E-state index contributed by atoms with van der Waals surface area (Å²) in [7, 11) is 0. The van der Waals surface area contributed by atoms with Gasteiger partial charge in [0.15, 0.2) is 0 Å². The van der Waals surface area contributed by atoms with Crippen LogP contribution in [0.4, 0.5) is 5.82 Å². The number of ether oxygens (including phenoxy) is 1. The monoisotopic (exact) mass is 326 g/mol. The summed E-state index contributed by atoms with van der Waals surface area (Å²) in [6, 6.07) is 6.04. The zero-order chi connectivity index (χ0) is 16.4. The zero-order valence-electron chi connectivity index (χ0n) is 13.8. The van der Waals surface area contributed by atoms with Gasteiger partial charge in [-0.25, -0.2) is 9.97 Å². The molecule has 1 aliphatic heterocycles. The van der Waals surface area contributed by atoms with Gasteiger partial charge in [-0.15, -0.1) is 0 Å². The maximum absolute atomic E-state index is 5.40. The fourth-order valence-corrected chi connectivity index (χ4v) is 3.10. The predicted octanol–water partition coefficient (Wildman–Crippen LogP) is 1.78. The highest BCUT2D eigenvalue weighted by atomic mass is 16.5. The van der Waals surface area contributed by atoms with Gasteiger partial charge in [-0.1, -0.05) is 6.07 Å². The number of rotatable bonds is 5. The minimum atomic E-state index is 0.828. The first-order valence-corrected chi connectivity index (χ1v) is 8.34. The van der Waals surface area contributed by atoms with Crippen molar-refractivity contribution in [3.8, 4) is 11.4 Å². The van der Waals surface area contributed by atoms with E-state index in [-0.39, 0.29) is 0 Å². The van der Waals surface area contributed by atoms with Crippen LogP contribution in [0, 0.1) is 6.92 Å². The van der Waals surface area contributed by atoms with Gasteiger partial charge in [0.25, 0.3) is 0 Å². The van der Waals surface area contributed by atoms with E-state index in [4.69, 9.17) is 9.72 Å². The van der Waals surface area contributed by atoms with Crippen LogP contribution >= 0.6 is 0 Å². The molecule has 0 radical (unpaired) electrons. The molecule has 0 amide bonds. The van der Waals surface area contributed by atoms with E-state index in [9.17, 15) is 0 Å². The van der Waals surface area contributed by atoms with Crippen LogP contribution in [0.5, 0.6) is 0 Å². The lowest BCUT2D eigenvalue weighted by Gasteiger charge is -2.26. The number of nitrogens with zero attached hydrogens (tertiary/aromatic N) is 4. The number of aromatic nitrogens is 4. The van der Waals surface area contributed by atoms with Crippen molar-refractivity contribution in [3.05, 3.63) is 36.4 Å². The standard InChI is InChI=1S/C17H22N6O/c1-13-15(20-12-19-13)16-17(23-6-3-2-4-14(23)21-16)18-5-7-22-8-10-24-11-9-22/h2-4,6,12,18H,5,7-11H2,1H3,(H,19,20). The molecule has 0 bridgehead atoms. The molecule has 0 unspecified atom stereocenters. The van der Waals surface area contributed by atoms with Gasteiger partial charge in [-0.2, -0.15) is 0 Å². The molecule has 7 heteroatoms. The van der Waals surface area contributed by atoms with Gasteiger partial charge < -0.3 is 15.0 Å². The van der Waals surface area contributed by atoms with Crippen molar-refractivity contribution < 1.29 is 4.74 Å². The van der Waals surface area contributed by atoms with E-state index in [2.05, 4.69) is 24.6 Å². The third-order valence-electron chi connectivity index (χ3n) is 4.42. The largest absolute Gasteiger partial charge is 0.379 e. The van der Waals surface area contributed by atoms with Gasteiger partial charge in [0.1, 0.15) is 17.2 Å². The number of fused-ring (bicyclic) bond motifs is 1. The summed E-state index contributed by atoms with van der Waals surface area (Å²) in [6.07, 6.45) is 3.75. The molecule has 4 heterocycles. The van der Waals surface area contributed by atoms with Crippen molar-refractivity contribution in [1.29, 1.82) is 0 Å². The minimum absolute atomic E-state index is 0.828. The first-order valence-electron chi connectivity index (χ1n) is 8.34. The number of H-pyrrole nitrogens is 1. The maximum atomic E-state index is 5.40. The molecule has 0 aliphatic carbocycles. The fourth-order valence-electron chi connectivity index (χ4n) is 3.10. The molecule has 1 aliphatic rings. The van der Waals surface area contributed by atoms with E-state index in [1.807, 2.05) is 31.3 Å². The molecule has 0 aromatic carbocycles. The predicted molar refractivity (Wildman–Crippen MR) is 93.3 cm³/mol. The molecule has 0 spiro atoms. The summed E-state index contributed by atoms with van der Waals surface area (Å²) in [5, 5.41) is 3.57. The van der Waals surface area contributed by atoms with Crippen LogP contribution in [0.2, 0.25) is 0 Å². The Hall–Kier alpha value is -2.38. The average Bonchev–Trinajstić information content (AvgIpc) is 3.19. The van der Waals surface area contributed by atoms with Gasteiger partial charge in [0.05, 0.1) is 30.9 Å².